The smallest absolute Gasteiger partial charge is 0.118 e. The Bertz CT molecular complexity index is 854. The minimum Gasteiger partial charge on any atom is -0.497 e. The Labute approximate surface area is 150 Å². The highest BCUT2D eigenvalue weighted by atomic mass is 79.9. The second kappa shape index (κ2) is 6.61. The van der Waals surface area contributed by atoms with Crippen LogP contribution in [0.5, 0.6) is 5.75 Å². The number of methoxy groups -OCH3 is 1. The molecular formula is C20H21BrN2O. The van der Waals surface area contributed by atoms with Gasteiger partial charge in [-0.25, -0.2) is 0 Å². The van der Waals surface area contributed by atoms with Crippen LogP contribution in [0.4, 0.5) is 0 Å². The molecule has 1 unspecified atom stereocenters. The van der Waals surface area contributed by atoms with E-state index in [0.29, 0.717) is 6.04 Å². The maximum Gasteiger partial charge on any atom is 0.118 e. The lowest BCUT2D eigenvalue weighted by molar-refractivity contribution is 0.414. The Morgan fingerprint density at radius 1 is 1.21 bits per heavy atom. The van der Waals surface area contributed by atoms with E-state index >= 15 is 0 Å². The topological polar surface area (TPSA) is 37.0 Å². The third-order valence-electron chi connectivity index (χ3n) is 4.88. The molecule has 24 heavy (non-hydrogen) atoms. The SMILES string of the molecule is COc1ccc(CNC2CCCc3c2[nH]c2ccc(Br)cc32)cc1. The first kappa shape index (κ1) is 15.7. The van der Waals surface area contributed by atoms with Crippen molar-refractivity contribution in [2.45, 2.75) is 31.8 Å². The standard InChI is InChI=1S/C20H21BrN2O/c1-24-15-8-5-13(6-9-15)12-22-19-4-2-3-16-17-11-14(21)7-10-18(17)23-20(16)19/h5-11,19,22-23H,2-4,12H2,1H3. The summed E-state index contributed by atoms with van der Waals surface area (Å²) in [5.74, 6) is 0.903. The average Bonchev–Trinajstić information content (AvgIpc) is 2.99. The third-order valence-corrected chi connectivity index (χ3v) is 5.37. The minimum atomic E-state index is 0.391. The van der Waals surface area contributed by atoms with Crippen LogP contribution in [0.1, 0.15) is 35.7 Å². The van der Waals surface area contributed by atoms with E-state index in [1.54, 1.807) is 7.11 Å². The summed E-state index contributed by atoms with van der Waals surface area (Å²) in [6.07, 6.45) is 3.57. The van der Waals surface area contributed by atoms with Gasteiger partial charge in [0, 0.05) is 33.7 Å². The molecule has 2 aromatic carbocycles. The van der Waals surface area contributed by atoms with Gasteiger partial charge in [-0.2, -0.15) is 0 Å². The van der Waals surface area contributed by atoms with Gasteiger partial charge in [-0.15, -0.1) is 0 Å². The predicted octanol–water partition coefficient (Wildman–Crippen LogP) is 5.11. The zero-order chi connectivity index (χ0) is 16.5. The molecule has 1 aliphatic carbocycles. The molecule has 124 valence electrons. The Morgan fingerprint density at radius 2 is 2.04 bits per heavy atom. The van der Waals surface area contributed by atoms with Crippen molar-refractivity contribution in [3.63, 3.8) is 0 Å². The van der Waals surface area contributed by atoms with E-state index in [-0.39, 0.29) is 0 Å². The number of nitrogens with one attached hydrogen (secondary N) is 2. The average molecular weight is 385 g/mol. The number of aryl methyl sites for hydroxylation is 1. The van der Waals surface area contributed by atoms with Crippen molar-refractivity contribution in [3.8, 4) is 5.75 Å². The molecule has 4 heteroatoms. The molecule has 0 saturated carbocycles. The van der Waals surface area contributed by atoms with Crippen molar-refractivity contribution in [2.24, 2.45) is 0 Å². The fourth-order valence-electron chi connectivity index (χ4n) is 3.62. The monoisotopic (exact) mass is 384 g/mol. The van der Waals surface area contributed by atoms with E-state index in [9.17, 15) is 0 Å². The molecular weight excluding hydrogens is 364 g/mol. The van der Waals surface area contributed by atoms with Gasteiger partial charge in [0.2, 0.25) is 0 Å². The molecule has 1 aromatic heterocycles. The van der Waals surface area contributed by atoms with E-state index in [1.807, 2.05) is 12.1 Å². The largest absolute Gasteiger partial charge is 0.497 e. The number of aromatic amines is 1. The van der Waals surface area contributed by atoms with Crippen molar-refractivity contribution in [3.05, 3.63) is 63.8 Å². The lowest BCUT2D eigenvalue weighted by atomic mass is 9.91. The van der Waals surface area contributed by atoms with E-state index in [0.717, 1.165) is 23.2 Å². The minimum absolute atomic E-state index is 0.391. The molecule has 0 spiro atoms. The molecule has 1 atom stereocenters. The number of hydrogen-bond acceptors (Lipinski definition) is 2. The Balaban J connectivity index is 1.56. The van der Waals surface area contributed by atoms with E-state index in [4.69, 9.17) is 4.74 Å². The van der Waals surface area contributed by atoms with Gasteiger partial charge in [-0.3, -0.25) is 0 Å². The van der Waals surface area contributed by atoms with Crippen LogP contribution >= 0.6 is 15.9 Å². The van der Waals surface area contributed by atoms with Gasteiger partial charge in [0.05, 0.1) is 7.11 Å². The molecule has 3 aromatic rings. The summed E-state index contributed by atoms with van der Waals surface area (Å²) in [5, 5.41) is 5.08. The van der Waals surface area contributed by atoms with Crippen LogP contribution in [0.2, 0.25) is 0 Å². The van der Waals surface area contributed by atoms with E-state index < -0.39 is 0 Å². The lowest BCUT2D eigenvalue weighted by Crippen LogP contribution is -2.24. The number of halogens is 1. The summed E-state index contributed by atoms with van der Waals surface area (Å²) in [6.45, 7) is 0.868. The normalized spacial score (nSPS) is 17.0. The zero-order valence-corrected chi connectivity index (χ0v) is 15.3. The van der Waals surface area contributed by atoms with Crippen molar-refractivity contribution in [2.75, 3.05) is 7.11 Å². The van der Waals surface area contributed by atoms with Gasteiger partial charge in [0.25, 0.3) is 0 Å². The molecule has 0 bridgehead atoms. The number of fused-ring (bicyclic) bond motifs is 3. The number of aromatic nitrogens is 1. The first-order valence-corrected chi connectivity index (χ1v) is 9.20. The molecule has 3 nitrogen and oxygen atoms in total. The molecule has 0 radical (unpaired) electrons. The number of rotatable bonds is 4. The van der Waals surface area contributed by atoms with Crippen molar-refractivity contribution < 1.29 is 4.74 Å². The molecule has 1 heterocycles. The number of ether oxygens (including phenoxy) is 1. The van der Waals surface area contributed by atoms with E-state index in [1.165, 1.54) is 40.6 Å². The van der Waals surface area contributed by atoms with Gasteiger partial charge in [0.15, 0.2) is 0 Å². The second-order valence-corrected chi connectivity index (χ2v) is 7.30. The molecule has 1 aliphatic rings. The van der Waals surface area contributed by atoms with Crippen LogP contribution < -0.4 is 10.1 Å². The van der Waals surface area contributed by atoms with Crippen LogP contribution in [0.15, 0.2) is 46.9 Å². The fourth-order valence-corrected chi connectivity index (χ4v) is 3.98. The number of H-pyrrole nitrogens is 1. The van der Waals surface area contributed by atoms with Gasteiger partial charge in [-0.05, 0) is 60.7 Å². The van der Waals surface area contributed by atoms with Gasteiger partial charge >= 0.3 is 0 Å². The van der Waals surface area contributed by atoms with Crippen molar-refractivity contribution in [1.82, 2.24) is 10.3 Å². The lowest BCUT2D eigenvalue weighted by Gasteiger charge is -2.24. The van der Waals surface area contributed by atoms with Gasteiger partial charge < -0.3 is 15.0 Å². The maximum atomic E-state index is 5.22. The molecule has 4 rings (SSSR count). The summed E-state index contributed by atoms with van der Waals surface area (Å²) in [4.78, 5) is 3.64. The van der Waals surface area contributed by atoms with Crippen LogP contribution in [0, 0.1) is 0 Å². The highest BCUT2D eigenvalue weighted by Crippen LogP contribution is 2.35. The summed E-state index contributed by atoms with van der Waals surface area (Å²) < 4.78 is 6.37. The fraction of sp³-hybridized carbons (Fsp3) is 0.300. The second-order valence-electron chi connectivity index (χ2n) is 6.38. The molecule has 2 N–H and O–H groups in total. The summed E-state index contributed by atoms with van der Waals surface area (Å²) >= 11 is 3.59. The third kappa shape index (κ3) is 2.96. The predicted molar refractivity (Wildman–Crippen MR) is 102 cm³/mol. The first-order chi connectivity index (χ1) is 11.7. The zero-order valence-electron chi connectivity index (χ0n) is 13.7. The van der Waals surface area contributed by atoms with Crippen LogP contribution in [-0.2, 0) is 13.0 Å². The van der Waals surface area contributed by atoms with E-state index in [2.05, 4.69) is 56.6 Å². The molecule has 0 saturated heterocycles. The Hall–Kier alpha value is -1.78. The van der Waals surface area contributed by atoms with Gasteiger partial charge in [-0.1, -0.05) is 28.1 Å². The van der Waals surface area contributed by atoms with Crippen LogP contribution in [-0.4, -0.2) is 12.1 Å². The molecule has 0 amide bonds. The Morgan fingerprint density at radius 3 is 2.83 bits per heavy atom. The Kier molecular flexibility index (Phi) is 4.33. The highest BCUT2D eigenvalue weighted by molar-refractivity contribution is 9.10. The summed E-state index contributed by atoms with van der Waals surface area (Å²) in [7, 11) is 1.70. The molecule has 0 aliphatic heterocycles. The van der Waals surface area contributed by atoms with Crippen molar-refractivity contribution in [1.29, 1.82) is 0 Å². The number of benzene rings is 2. The highest BCUT2D eigenvalue weighted by Gasteiger charge is 2.23. The summed E-state index contributed by atoms with van der Waals surface area (Å²) in [5.41, 5.74) is 5.36. The summed E-state index contributed by atoms with van der Waals surface area (Å²) in [6, 6.07) is 15.2. The number of hydrogen-bond donors (Lipinski definition) is 2. The first-order valence-electron chi connectivity index (χ1n) is 8.41. The quantitative estimate of drug-likeness (QED) is 0.655. The van der Waals surface area contributed by atoms with Gasteiger partial charge in [0.1, 0.15) is 5.75 Å². The van der Waals surface area contributed by atoms with Crippen LogP contribution in [0.25, 0.3) is 10.9 Å². The van der Waals surface area contributed by atoms with Crippen molar-refractivity contribution >= 4 is 26.8 Å². The molecule has 0 fully saturated rings. The van der Waals surface area contributed by atoms with Crippen LogP contribution in [0.3, 0.4) is 0 Å². The maximum absolute atomic E-state index is 5.22.